The number of nitrogens with two attached hydrogens (primary N) is 1. The fraction of sp³-hybridized carbons (Fsp3) is 0.250. The number of benzene rings is 1. The Balaban J connectivity index is 1.76. The van der Waals surface area contributed by atoms with Gasteiger partial charge in [0.2, 0.25) is 11.9 Å². The second-order valence-corrected chi connectivity index (χ2v) is 5.38. The van der Waals surface area contributed by atoms with Crippen LogP contribution in [0, 0.1) is 13.8 Å². The number of rotatable bonds is 4. The van der Waals surface area contributed by atoms with E-state index in [2.05, 4.69) is 20.4 Å². The zero-order valence-electron chi connectivity index (χ0n) is 13.1. The summed E-state index contributed by atoms with van der Waals surface area (Å²) in [5.74, 6) is 0.561. The van der Waals surface area contributed by atoms with Crippen molar-refractivity contribution in [1.29, 1.82) is 0 Å². The third kappa shape index (κ3) is 3.13. The summed E-state index contributed by atoms with van der Waals surface area (Å²) in [6.45, 7) is 4.25. The van der Waals surface area contributed by atoms with Gasteiger partial charge in [-0.15, -0.1) is 5.10 Å². The third-order valence-electron chi connectivity index (χ3n) is 3.74. The van der Waals surface area contributed by atoms with E-state index < -0.39 is 0 Å². The van der Waals surface area contributed by atoms with Crippen LogP contribution in [-0.4, -0.2) is 25.5 Å². The Morgan fingerprint density at radius 3 is 2.70 bits per heavy atom. The number of nitrogens with zero attached hydrogens (tertiary/aromatic N) is 4. The first-order valence-corrected chi connectivity index (χ1v) is 7.33. The van der Waals surface area contributed by atoms with Gasteiger partial charge in [-0.2, -0.15) is 9.50 Å². The number of nitrogen functional groups attached to an aromatic ring is 1. The summed E-state index contributed by atoms with van der Waals surface area (Å²) in [5, 5.41) is 7.02. The Morgan fingerprint density at radius 1 is 1.22 bits per heavy atom. The summed E-state index contributed by atoms with van der Waals surface area (Å²) in [6, 6.07) is 9.79. The van der Waals surface area contributed by atoms with E-state index in [0.29, 0.717) is 12.3 Å². The maximum atomic E-state index is 12.2. The van der Waals surface area contributed by atoms with Crippen molar-refractivity contribution >= 4 is 17.6 Å². The monoisotopic (exact) mass is 310 g/mol. The number of hydrogen-bond donors (Lipinski definition) is 2. The molecule has 23 heavy (non-hydrogen) atoms. The molecular formula is C16H18N6O. The number of hydrogen-bond acceptors (Lipinski definition) is 5. The summed E-state index contributed by atoms with van der Waals surface area (Å²) in [5.41, 5.74) is 9.10. The van der Waals surface area contributed by atoms with Gasteiger partial charge in [0.25, 0.3) is 5.78 Å². The number of carbonyl (C=O) groups is 1. The molecule has 0 fully saturated rings. The van der Waals surface area contributed by atoms with Gasteiger partial charge in [0, 0.05) is 23.5 Å². The molecule has 3 rings (SSSR count). The Bertz CT molecular complexity index is 856. The van der Waals surface area contributed by atoms with Gasteiger partial charge in [-0.25, -0.2) is 4.98 Å². The van der Waals surface area contributed by atoms with Crippen molar-refractivity contribution in [2.75, 3.05) is 5.73 Å². The fourth-order valence-electron chi connectivity index (χ4n) is 2.50. The second-order valence-electron chi connectivity index (χ2n) is 5.38. The molecule has 0 atom stereocenters. The predicted octanol–water partition coefficient (Wildman–Crippen LogP) is 1.18. The Morgan fingerprint density at radius 2 is 1.96 bits per heavy atom. The van der Waals surface area contributed by atoms with Crippen molar-refractivity contribution in [2.24, 2.45) is 0 Å². The lowest BCUT2D eigenvalue weighted by atomic mass is 10.1. The van der Waals surface area contributed by atoms with Crippen molar-refractivity contribution in [3.63, 3.8) is 0 Å². The number of amides is 1. The van der Waals surface area contributed by atoms with Crippen LogP contribution in [0.3, 0.4) is 0 Å². The first kappa shape index (κ1) is 15.0. The number of aryl methyl sites for hydroxylation is 2. The molecule has 2 aromatic heterocycles. The minimum atomic E-state index is -0.0608. The number of nitrogens with one attached hydrogen (secondary N) is 1. The smallest absolute Gasteiger partial charge is 0.254 e. The predicted molar refractivity (Wildman–Crippen MR) is 86.7 cm³/mol. The average Bonchev–Trinajstić information content (AvgIpc) is 2.91. The van der Waals surface area contributed by atoms with Gasteiger partial charge in [-0.05, 0) is 19.4 Å². The van der Waals surface area contributed by atoms with Gasteiger partial charge in [-0.3, -0.25) is 4.79 Å². The molecule has 3 aromatic rings. The molecule has 0 saturated heterocycles. The Kier molecular flexibility index (Phi) is 3.92. The van der Waals surface area contributed by atoms with E-state index in [-0.39, 0.29) is 18.3 Å². The summed E-state index contributed by atoms with van der Waals surface area (Å²) in [7, 11) is 0. The zero-order valence-corrected chi connectivity index (χ0v) is 13.1. The number of fused-ring (bicyclic) bond motifs is 1. The Labute approximate surface area is 133 Å². The highest BCUT2D eigenvalue weighted by atomic mass is 16.1. The van der Waals surface area contributed by atoms with Crippen LogP contribution in [0.2, 0.25) is 0 Å². The highest BCUT2D eigenvalue weighted by Crippen LogP contribution is 2.14. The SMILES string of the molecule is Cc1nc2nc(N)nn2c(C)c1CC(=O)NCc1ccccc1. The van der Waals surface area contributed by atoms with E-state index in [9.17, 15) is 4.79 Å². The molecule has 0 bridgehead atoms. The summed E-state index contributed by atoms with van der Waals surface area (Å²) >= 11 is 0. The van der Waals surface area contributed by atoms with Gasteiger partial charge in [-0.1, -0.05) is 30.3 Å². The second kappa shape index (κ2) is 6.04. The van der Waals surface area contributed by atoms with Crippen LogP contribution in [0.1, 0.15) is 22.5 Å². The molecule has 0 aliphatic carbocycles. The molecule has 0 aliphatic heterocycles. The minimum Gasteiger partial charge on any atom is -0.366 e. The number of aromatic nitrogens is 4. The topological polar surface area (TPSA) is 98.2 Å². The highest BCUT2D eigenvalue weighted by molar-refractivity contribution is 5.79. The van der Waals surface area contributed by atoms with E-state index in [0.717, 1.165) is 22.5 Å². The number of carbonyl (C=O) groups excluding carboxylic acids is 1. The maximum absolute atomic E-state index is 12.2. The van der Waals surface area contributed by atoms with E-state index >= 15 is 0 Å². The first-order chi connectivity index (χ1) is 11.0. The minimum absolute atomic E-state index is 0.0608. The molecule has 0 aliphatic rings. The van der Waals surface area contributed by atoms with Gasteiger partial charge < -0.3 is 11.1 Å². The summed E-state index contributed by atoms with van der Waals surface area (Å²) in [4.78, 5) is 20.6. The average molecular weight is 310 g/mol. The summed E-state index contributed by atoms with van der Waals surface area (Å²) < 4.78 is 1.57. The van der Waals surface area contributed by atoms with Crippen molar-refractivity contribution in [3.05, 3.63) is 52.8 Å². The molecule has 0 unspecified atom stereocenters. The lowest BCUT2D eigenvalue weighted by Gasteiger charge is -2.10. The maximum Gasteiger partial charge on any atom is 0.254 e. The molecule has 0 spiro atoms. The van der Waals surface area contributed by atoms with E-state index in [1.807, 2.05) is 44.2 Å². The molecular weight excluding hydrogens is 292 g/mol. The molecule has 7 nitrogen and oxygen atoms in total. The van der Waals surface area contributed by atoms with Crippen LogP contribution in [0.4, 0.5) is 5.95 Å². The van der Waals surface area contributed by atoms with Crippen LogP contribution in [-0.2, 0) is 17.8 Å². The molecule has 118 valence electrons. The largest absolute Gasteiger partial charge is 0.366 e. The molecule has 0 saturated carbocycles. The van der Waals surface area contributed by atoms with Crippen LogP contribution in [0.5, 0.6) is 0 Å². The lowest BCUT2D eigenvalue weighted by Crippen LogP contribution is -2.25. The van der Waals surface area contributed by atoms with Crippen molar-refractivity contribution in [3.8, 4) is 0 Å². The third-order valence-corrected chi connectivity index (χ3v) is 3.74. The van der Waals surface area contributed by atoms with Crippen LogP contribution in [0.15, 0.2) is 30.3 Å². The fourth-order valence-corrected chi connectivity index (χ4v) is 2.50. The standard InChI is InChI=1S/C16H18N6O/c1-10-13(11(2)22-16(19-10)20-15(17)21-22)8-14(23)18-9-12-6-4-3-5-7-12/h3-7H,8-9H2,1-2H3,(H2,17,21)(H,18,23). The van der Waals surface area contributed by atoms with Gasteiger partial charge in [0.05, 0.1) is 6.42 Å². The molecule has 0 radical (unpaired) electrons. The molecule has 1 amide bonds. The van der Waals surface area contributed by atoms with Crippen molar-refractivity contribution < 1.29 is 4.79 Å². The van der Waals surface area contributed by atoms with Crippen LogP contribution in [0.25, 0.3) is 5.78 Å². The number of anilines is 1. The van der Waals surface area contributed by atoms with Crippen molar-refractivity contribution in [1.82, 2.24) is 24.9 Å². The molecule has 7 heteroatoms. The van der Waals surface area contributed by atoms with Gasteiger partial charge in [0.15, 0.2) is 0 Å². The van der Waals surface area contributed by atoms with Gasteiger partial charge in [0.1, 0.15) is 0 Å². The van der Waals surface area contributed by atoms with Gasteiger partial charge >= 0.3 is 0 Å². The first-order valence-electron chi connectivity index (χ1n) is 7.33. The van der Waals surface area contributed by atoms with Crippen LogP contribution < -0.4 is 11.1 Å². The molecule has 3 N–H and O–H groups in total. The quantitative estimate of drug-likeness (QED) is 0.754. The van der Waals surface area contributed by atoms with E-state index in [4.69, 9.17) is 5.73 Å². The summed E-state index contributed by atoms with van der Waals surface area (Å²) in [6.07, 6.45) is 0.243. The van der Waals surface area contributed by atoms with Crippen LogP contribution >= 0.6 is 0 Å². The molecule has 1 aromatic carbocycles. The van der Waals surface area contributed by atoms with E-state index in [1.54, 1.807) is 4.52 Å². The molecule has 2 heterocycles. The van der Waals surface area contributed by atoms with E-state index in [1.165, 1.54) is 0 Å². The highest BCUT2D eigenvalue weighted by Gasteiger charge is 2.15. The van der Waals surface area contributed by atoms with Crippen molar-refractivity contribution in [2.45, 2.75) is 26.8 Å². The zero-order chi connectivity index (χ0) is 16.4. The lowest BCUT2D eigenvalue weighted by molar-refractivity contribution is -0.120. The normalized spacial score (nSPS) is 10.9. The Hall–Kier alpha value is -2.96.